The van der Waals surface area contributed by atoms with Gasteiger partial charge in [0.05, 0.1) is 15.9 Å². The molecule has 1 aliphatic carbocycles. The Labute approximate surface area is 121 Å². The van der Waals surface area contributed by atoms with Gasteiger partial charge in [0.25, 0.3) is 0 Å². The predicted octanol–water partition coefficient (Wildman–Crippen LogP) is 3.56. The average Bonchev–Trinajstić information content (AvgIpc) is 2.86. The Morgan fingerprint density at radius 1 is 1.37 bits per heavy atom. The minimum absolute atomic E-state index is 0.845. The van der Waals surface area contributed by atoms with Crippen molar-refractivity contribution >= 4 is 33.3 Å². The van der Waals surface area contributed by atoms with Gasteiger partial charge in [0.1, 0.15) is 0 Å². The van der Waals surface area contributed by atoms with Crippen molar-refractivity contribution in [1.82, 2.24) is 9.78 Å². The fraction of sp³-hybridized carbons (Fsp3) is 0.267. The number of benzene rings is 1. The Morgan fingerprint density at radius 3 is 2.84 bits per heavy atom. The Morgan fingerprint density at radius 2 is 2.16 bits per heavy atom. The van der Waals surface area contributed by atoms with Crippen LogP contribution in [0.25, 0.3) is 11.6 Å². The molecule has 0 radical (unpaired) electrons. The lowest BCUT2D eigenvalue weighted by molar-refractivity contribution is 0.749. The molecular formula is C15H16BrN3. The zero-order valence-electron chi connectivity index (χ0n) is 11.1. The molecule has 0 saturated heterocycles. The highest BCUT2D eigenvalue weighted by molar-refractivity contribution is 9.10. The number of aromatic nitrogens is 2. The van der Waals surface area contributed by atoms with Gasteiger partial charge in [0, 0.05) is 12.7 Å². The SMILES string of the molecule is Cc1nn(C)c(C=C2CCc3cc(N)ccc32)c1Br. The number of anilines is 1. The lowest BCUT2D eigenvalue weighted by Crippen LogP contribution is -1.94. The Balaban J connectivity index is 2.08. The molecule has 98 valence electrons. The summed E-state index contributed by atoms with van der Waals surface area (Å²) in [7, 11) is 1.98. The number of hydrogen-bond donors (Lipinski definition) is 1. The van der Waals surface area contributed by atoms with Crippen LogP contribution in [-0.2, 0) is 13.5 Å². The second-order valence-electron chi connectivity index (χ2n) is 4.99. The predicted molar refractivity (Wildman–Crippen MR) is 82.7 cm³/mol. The van der Waals surface area contributed by atoms with E-state index in [0.717, 1.165) is 34.4 Å². The third-order valence-corrected chi connectivity index (χ3v) is 4.62. The first kappa shape index (κ1) is 12.5. The van der Waals surface area contributed by atoms with Crippen LogP contribution in [0.15, 0.2) is 22.7 Å². The Bertz CT molecular complexity index is 683. The van der Waals surface area contributed by atoms with E-state index in [0.29, 0.717) is 0 Å². The van der Waals surface area contributed by atoms with Crippen molar-refractivity contribution in [2.45, 2.75) is 19.8 Å². The molecule has 3 rings (SSSR count). The highest BCUT2D eigenvalue weighted by atomic mass is 79.9. The Kier molecular flexibility index (Phi) is 2.97. The van der Waals surface area contributed by atoms with Crippen LogP contribution < -0.4 is 5.73 Å². The molecule has 19 heavy (non-hydrogen) atoms. The summed E-state index contributed by atoms with van der Waals surface area (Å²) in [5.74, 6) is 0. The number of nitrogens with two attached hydrogens (primary N) is 1. The van der Waals surface area contributed by atoms with Crippen molar-refractivity contribution in [1.29, 1.82) is 0 Å². The number of aryl methyl sites for hydroxylation is 3. The zero-order chi connectivity index (χ0) is 13.6. The first-order valence-corrected chi connectivity index (χ1v) is 7.14. The van der Waals surface area contributed by atoms with Crippen molar-refractivity contribution in [3.63, 3.8) is 0 Å². The largest absolute Gasteiger partial charge is 0.399 e. The topological polar surface area (TPSA) is 43.8 Å². The molecule has 2 N–H and O–H groups in total. The molecule has 1 heterocycles. The summed E-state index contributed by atoms with van der Waals surface area (Å²) in [6, 6.07) is 6.18. The van der Waals surface area contributed by atoms with Gasteiger partial charge < -0.3 is 5.73 Å². The summed E-state index contributed by atoms with van der Waals surface area (Å²) in [5.41, 5.74) is 12.9. The first-order valence-electron chi connectivity index (χ1n) is 6.34. The molecule has 1 aromatic carbocycles. The standard InChI is InChI=1S/C15H16BrN3/c1-9-15(16)14(19(2)18-9)8-11-4-3-10-7-12(17)5-6-13(10)11/h5-8H,3-4,17H2,1-2H3. The smallest absolute Gasteiger partial charge is 0.0754 e. The maximum Gasteiger partial charge on any atom is 0.0754 e. The molecule has 1 aromatic heterocycles. The van der Waals surface area contributed by atoms with Crippen LogP contribution in [0.4, 0.5) is 5.69 Å². The number of allylic oxidation sites excluding steroid dienone is 1. The van der Waals surface area contributed by atoms with E-state index in [1.165, 1.54) is 16.7 Å². The molecule has 0 unspecified atom stereocenters. The second-order valence-corrected chi connectivity index (χ2v) is 5.79. The number of fused-ring (bicyclic) bond motifs is 1. The van der Waals surface area contributed by atoms with Crippen LogP contribution in [-0.4, -0.2) is 9.78 Å². The molecule has 0 aliphatic heterocycles. The van der Waals surface area contributed by atoms with E-state index in [9.17, 15) is 0 Å². The normalized spacial score (nSPS) is 16.1. The van der Waals surface area contributed by atoms with Gasteiger partial charge in [-0.1, -0.05) is 6.07 Å². The van der Waals surface area contributed by atoms with E-state index < -0.39 is 0 Å². The molecule has 2 aromatic rings. The highest BCUT2D eigenvalue weighted by Gasteiger charge is 2.18. The van der Waals surface area contributed by atoms with Crippen molar-refractivity contribution < 1.29 is 0 Å². The van der Waals surface area contributed by atoms with Crippen LogP contribution in [0.1, 0.15) is 28.9 Å². The van der Waals surface area contributed by atoms with Gasteiger partial charge in [-0.3, -0.25) is 4.68 Å². The fourth-order valence-corrected chi connectivity index (χ4v) is 3.11. The lowest BCUT2D eigenvalue weighted by atomic mass is 10.1. The summed E-state index contributed by atoms with van der Waals surface area (Å²) in [6.45, 7) is 2.01. The van der Waals surface area contributed by atoms with Crippen LogP contribution in [0.3, 0.4) is 0 Å². The molecule has 0 spiro atoms. The quantitative estimate of drug-likeness (QED) is 0.817. The molecule has 0 bridgehead atoms. The van der Waals surface area contributed by atoms with E-state index >= 15 is 0 Å². The second kappa shape index (κ2) is 4.53. The number of nitrogen functional groups attached to an aromatic ring is 1. The summed E-state index contributed by atoms with van der Waals surface area (Å²) in [5, 5.41) is 4.43. The van der Waals surface area contributed by atoms with Gasteiger partial charge in [0.15, 0.2) is 0 Å². The highest BCUT2D eigenvalue weighted by Crippen LogP contribution is 2.36. The molecule has 3 nitrogen and oxygen atoms in total. The van der Waals surface area contributed by atoms with Gasteiger partial charge >= 0.3 is 0 Å². The fourth-order valence-electron chi connectivity index (χ4n) is 2.66. The first-order chi connectivity index (χ1) is 9.06. The Hall–Kier alpha value is -1.55. The van der Waals surface area contributed by atoms with E-state index in [2.05, 4.69) is 39.2 Å². The average molecular weight is 318 g/mol. The van der Waals surface area contributed by atoms with Crippen LogP contribution in [0.5, 0.6) is 0 Å². The summed E-state index contributed by atoms with van der Waals surface area (Å²) >= 11 is 3.61. The van der Waals surface area contributed by atoms with Gasteiger partial charge in [-0.15, -0.1) is 0 Å². The lowest BCUT2D eigenvalue weighted by Gasteiger charge is -2.03. The van der Waals surface area contributed by atoms with E-state index in [1.54, 1.807) is 0 Å². The van der Waals surface area contributed by atoms with Crippen molar-refractivity contribution in [3.05, 3.63) is 45.2 Å². The van der Waals surface area contributed by atoms with Crippen LogP contribution >= 0.6 is 15.9 Å². The van der Waals surface area contributed by atoms with Gasteiger partial charge in [-0.25, -0.2) is 0 Å². The number of hydrogen-bond acceptors (Lipinski definition) is 2. The number of rotatable bonds is 1. The minimum Gasteiger partial charge on any atom is -0.399 e. The third kappa shape index (κ3) is 2.10. The van der Waals surface area contributed by atoms with E-state index in [-0.39, 0.29) is 0 Å². The summed E-state index contributed by atoms with van der Waals surface area (Å²) in [4.78, 5) is 0. The van der Waals surface area contributed by atoms with Crippen molar-refractivity contribution in [3.8, 4) is 0 Å². The summed E-state index contributed by atoms with van der Waals surface area (Å²) in [6.07, 6.45) is 4.36. The molecule has 0 amide bonds. The minimum atomic E-state index is 0.845. The molecule has 0 saturated carbocycles. The monoisotopic (exact) mass is 317 g/mol. The molecule has 0 atom stereocenters. The van der Waals surface area contributed by atoms with Crippen molar-refractivity contribution in [2.75, 3.05) is 5.73 Å². The number of nitrogens with zero attached hydrogens (tertiary/aromatic N) is 2. The summed E-state index contributed by atoms with van der Waals surface area (Å²) < 4.78 is 2.99. The number of halogens is 1. The molecular weight excluding hydrogens is 302 g/mol. The van der Waals surface area contributed by atoms with Crippen molar-refractivity contribution in [2.24, 2.45) is 7.05 Å². The van der Waals surface area contributed by atoms with Gasteiger partial charge in [-0.2, -0.15) is 5.10 Å². The molecule has 4 heteroatoms. The maximum absolute atomic E-state index is 5.84. The maximum atomic E-state index is 5.84. The molecule has 1 aliphatic rings. The zero-order valence-corrected chi connectivity index (χ0v) is 12.7. The molecule has 0 fully saturated rings. The van der Waals surface area contributed by atoms with Gasteiger partial charge in [-0.05, 0) is 70.6 Å². The third-order valence-electron chi connectivity index (χ3n) is 3.64. The van der Waals surface area contributed by atoms with E-state index in [1.807, 2.05) is 24.7 Å². The van der Waals surface area contributed by atoms with Crippen LogP contribution in [0, 0.1) is 6.92 Å². The van der Waals surface area contributed by atoms with E-state index in [4.69, 9.17) is 5.73 Å². The van der Waals surface area contributed by atoms with Crippen LogP contribution in [0.2, 0.25) is 0 Å². The van der Waals surface area contributed by atoms with Gasteiger partial charge in [0.2, 0.25) is 0 Å².